The van der Waals surface area contributed by atoms with E-state index < -0.39 is 23.6 Å². The van der Waals surface area contributed by atoms with Crippen LogP contribution in [0.2, 0.25) is 5.02 Å². The van der Waals surface area contributed by atoms with Crippen molar-refractivity contribution in [3.8, 4) is 17.2 Å². The van der Waals surface area contributed by atoms with Gasteiger partial charge in [-0.05, 0) is 78.7 Å². The lowest BCUT2D eigenvalue weighted by Crippen LogP contribution is -2.36. The van der Waals surface area contributed by atoms with Gasteiger partial charge in [0, 0.05) is 10.6 Å². The third-order valence-corrected chi connectivity index (χ3v) is 7.13. The zero-order chi connectivity index (χ0) is 29.4. The highest BCUT2D eigenvalue weighted by Gasteiger charge is 2.36. The smallest absolute Gasteiger partial charge is 0.294 e. The molecule has 0 atom stereocenters. The lowest BCUT2D eigenvalue weighted by molar-refractivity contribution is -0.127. The molecule has 4 rings (SSSR count). The molecule has 212 valence electrons. The molecule has 0 bridgehead atoms. The number of carbonyl (C=O) groups excluding carboxylic acids is 3. The maximum Gasteiger partial charge on any atom is 0.294 e. The summed E-state index contributed by atoms with van der Waals surface area (Å²) in [6.07, 6.45) is 3.85. The van der Waals surface area contributed by atoms with Crippen LogP contribution in [0.5, 0.6) is 17.2 Å². The summed E-state index contributed by atoms with van der Waals surface area (Å²) in [5.41, 5.74) is 2.84. The molecule has 0 aromatic heterocycles. The van der Waals surface area contributed by atoms with Gasteiger partial charge in [0.05, 0.1) is 24.3 Å². The van der Waals surface area contributed by atoms with Crippen molar-refractivity contribution in [1.29, 1.82) is 0 Å². The summed E-state index contributed by atoms with van der Waals surface area (Å²) in [5, 5.41) is 2.79. The van der Waals surface area contributed by atoms with Crippen molar-refractivity contribution in [2.45, 2.75) is 20.0 Å². The summed E-state index contributed by atoms with van der Waals surface area (Å²) in [5.74, 6) is 0.465. The number of anilines is 1. The number of halogens is 1. The Morgan fingerprint density at radius 1 is 1.07 bits per heavy atom. The molecule has 0 radical (unpaired) electrons. The van der Waals surface area contributed by atoms with E-state index in [0.717, 1.165) is 27.8 Å². The zero-order valence-electron chi connectivity index (χ0n) is 22.6. The van der Waals surface area contributed by atoms with Gasteiger partial charge in [0.25, 0.3) is 11.1 Å². The van der Waals surface area contributed by atoms with Crippen LogP contribution in [0.1, 0.15) is 23.6 Å². The van der Waals surface area contributed by atoms with Crippen molar-refractivity contribution in [3.63, 3.8) is 0 Å². The van der Waals surface area contributed by atoms with Crippen molar-refractivity contribution >= 4 is 52.2 Å². The first-order chi connectivity index (χ1) is 19.8. The second-order valence-corrected chi connectivity index (χ2v) is 10.3. The van der Waals surface area contributed by atoms with Crippen LogP contribution < -0.4 is 19.5 Å². The first-order valence-corrected chi connectivity index (χ1v) is 14.0. The van der Waals surface area contributed by atoms with Crippen LogP contribution >= 0.6 is 23.4 Å². The predicted octanol–water partition coefficient (Wildman–Crippen LogP) is 6.73. The number of nitrogens with one attached hydrogen (secondary N) is 1. The Labute approximate surface area is 247 Å². The Hall–Kier alpha value is -4.21. The second kappa shape index (κ2) is 13.9. The van der Waals surface area contributed by atoms with E-state index in [1.165, 1.54) is 7.11 Å². The van der Waals surface area contributed by atoms with E-state index in [4.69, 9.17) is 25.8 Å². The predicted molar refractivity (Wildman–Crippen MR) is 162 cm³/mol. The van der Waals surface area contributed by atoms with Gasteiger partial charge >= 0.3 is 0 Å². The normalized spacial score (nSPS) is 13.8. The lowest BCUT2D eigenvalue weighted by atomic mass is 10.0. The lowest BCUT2D eigenvalue weighted by Gasteiger charge is -2.17. The number of hydrogen-bond acceptors (Lipinski definition) is 7. The molecule has 0 unspecified atom stereocenters. The van der Waals surface area contributed by atoms with E-state index in [9.17, 15) is 14.4 Å². The number of methoxy groups -OCH3 is 1. The first kappa shape index (κ1) is 29.8. The minimum absolute atomic E-state index is 0.196. The number of allylic oxidation sites excluding steroid dienone is 1. The highest BCUT2D eigenvalue weighted by Crippen LogP contribution is 2.38. The molecular weight excluding hydrogens is 564 g/mol. The number of ether oxygens (including phenoxy) is 3. The summed E-state index contributed by atoms with van der Waals surface area (Å²) in [4.78, 5) is 39.6. The van der Waals surface area contributed by atoms with Gasteiger partial charge in [0.15, 0.2) is 11.5 Å². The summed E-state index contributed by atoms with van der Waals surface area (Å²) in [6.45, 7) is 5.99. The largest absolute Gasteiger partial charge is 0.495 e. The summed E-state index contributed by atoms with van der Waals surface area (Å²) in [6, 6.07) is 17.9. The van der Waals surface area contributed by atoms with Crippen molar-refractivity contribution in [3.05, 3.63) is 99.9 Å². The Morgan fingerprint density at radius 3 is 2.54 bits per heavy atom. The van der Waals surface area contributed by atoms with Crippen LogP contribution in [-0.4, -0.2) is 42.2 Å². The average Bonchev–Trinajstić information content (AvgIpc) is 3.21. The first-order valence-electron chi connectivity index (χ1n) is 12.8. The van der Waals surface area contributed by atoms with E-state index in [0.29, 0.717) is 53.2 Å². The van der Waals surface area contributed by atoms with Crippen LogP contribution in [-0.2, 0) is 22.6 Å². The standard InChI is InChI=1S/C31H29ClN2O6S/c1-4-8-22-15-21(16-26(39-5-2)29(22)40-19-20-11-13-23(32)14-12-20)17-27-30(36)34(31(37)41-27)18-28(35)33-24-9-6-7-10-25(24)38-3/h4,6-7,9-17H,1,5,8,18-19H2,2-3H3,(H,33,35)/b27-17-. The maximum absolute atomic E-state index is 13.1. The van der Waals surface area contributed by atoms with Gasteiger partial charge in [-0.25, -0.2) is 0 Å². The molecule has 1 aliphatic rings. The number of rotatable bonds is 12. The van der Waals surface area contributed by atoms with Gasteiger partial charge in [-0.15, -0.1) is 6.58 Å². The number of benzene rings is 3. The van der Waals surface area contributed by atoms with Gasteiger partial charge in [-0.3, -0.25) is 19.3 Å². The topological polar surface area (TPSA) is 94.2 Å². The van der Waals surface area contributed by atoms with Gasteiger partial charge in [0.1, 0.15) is 18.9 Å². The molecule has 8 nitrogen and oxygen atoms in total. The maximum atomic E-state index is 13.1. The quantitative estimate of drug-likeness (QED) is 0.184. The molecule has 3 amide bonds. The summed E-state index contributed by atoms with van der Waals surface area (Å²) in [7, 11) is 1.49. The fourth-order valence-electron chi connectivity index (χ4n) is 4.11. The minimum atomic E-state index is -0.554. The van der Waals surface area contributed by atoms with E-state index in [2.05, 4.69) is 11.9 Å². The molecule has 0 saturated carbocycles. The van der Waals surface area contributed by atoms with Crippen LogP contribution in [0.3, 0.4) is 0 Å². The number of nitrogens with zero attached hydrogens (tertiary/aromatic N) is 1. The molecule has 1 aliphatic heterocycles. The van der Waals surface area contributed by atoms with Crippen molar-refractivity contribution in [2.24, 2.45) is 0 Å². The van der Waals surface area contributed by atoms with Gasteiger partial charge in [0.2, 0.25) is 5.91 Å². The number of para-hydroxylation sites is 2. The van der Waals surface area contributed by atoms with Gasteiger partial charge < -0.3 is 19.5 Å². The molecule has 1 N–H and O–H groups in total. The second-order valence-electron chi connectivity index (χ2n) is 8.86. The van der Waals surface area contributed by atoms with E-state index in [-0.39, 0.29) is 4.91 Å². The SMILES string of the molecule is C=CCc1cc(/C=C2\SC(=O)N(CC(=O)Nc3ccccc3OC)C2=O)cc(OCC)c1OCc1ccc(Cl)cc1. The summed E-state index contributed by atoms with van der Waals surface area (Å²) >= 11 is 6.77. The molecule has 0 aliphatic carbocycles. The highest BCUT2D eigenvalue weighted by molar-refractivity contribution is 8.18. The van der Waals surface area contributed by atoms with Crippen LogP contribution in [0.25, 0.3) is 6.08 Å². The molecular formula is C31H29ClN2O6S. The number of thioether (sulfide) groups is 1. The van der Waals surface area contributed by atoms with Crippen molar-refractivity contribution in [2.75, 3.05) is 25.6 Å². The summed E-state index contributed by atoms with van der Waals surface area (Å²) < 4.78 is 17.3. The minimum Gasteiger partial charge on any atom is -0.495 e. The van der Waals surface area contributed by atoms with Crippen LogP contribution in [0, 0.1) is 0 Å². The molecule has 3 aromatic carbocycles. The van der Waals surface area contributed by atoms with Gasteiger partial charge in [-0.1, -0.05) is 41.9 Å². The Balaban J connectivity index is 1.54. The zero-order valence-corrected chi connectivity index (χ0v) is 24.2. The Bertz CT molecular complexity index is 1490. The third-order valence-electron chi connectivity index (χ3n) is 5.97. The highest BCUT2D eigenvalue weighted by atomic mass is 35.5. The van der Waals surface area contributed by atoms with Crippen LogP contribution in [0.4, 0.5) is 10.5 Å². The van der Waals surface area contributed by atoms with Gasteiger partial charge in [-0.2, -0.15) is 0 Å². The van der Waals surface area contributed by atoms with Crippen molar-refractivity contribution < 1.29 is 28.6 Å². The van der Waals surface area contributed by atoms with Crippen molar-refractivity contribution in [1.82, 2.24) is 4.90 Å². The molecule has 10 heteroatoms. The van der Waals surface area contributed by atoms with E-state index in [1.54, 1.807) is 54.6 Å². The number of carbonyl (C=O) groups is 3. The van der Waals surface area contributed by atoms with E-state index >= 15 is 0 Å². The van der Waals surface area contributed by atoms with E-state index in [1.807, 2.05) is 25.1 Å². The Kier molecular flexibility index (Phi) is 10.1. The fraction of sp³-hybridized carbons (Fsp3) is 0.194. The molecule has 41 heavy (non-hydrogen) atoms. The Morgan fingerprint density at radius 2 is 1.83 bits per heavy atom. The monoisotopic (exact) mass is 592 g/mol. The number of amides is 3. The molecule has 1 saturated heterocycles. The number of hydrogen-bond donors (Lipinski definition) is 1. The molecule has 1 fully saturated rings. The number of imide groups is 1. The molecule has 3 aromatic rings. The molecule has 1 heterocycles. The third kappa shape index (κ3) is 7.50. The fourth-order valence-corrected chi connectivity index (χ4v) is 5.07. The average molecular weight is 593 g/mol. The molecule has 0 spiro atoms. The van der Waals surface area contributed by atoms with Crippen LogP contribution in [0.15, 0.2) is 78.2 Å².